The Hall–Kier alpha value is -0.440. The fourth-order valence-electron chi connectivity index (χ4n) is 2.28. The fourth-order valence-corrected chi connectivity index (χ4v) is 2.28. The molecule has 1 aliphatic heterocycles. The Bertz CT molecular complexity index is 355. The molecule has 0 saturated carbocycles. The number of ether oxygens (including phenoxy) is 2. The zero-order valence-corrected chi connectivity index (χ0v) is 12.9. The molecule has 24 heavy (non-hydrogen) atoms. The first-order chi connectivity index (χ1) is 11.2. The molecule has 11 heteroatoms. The molecule has 0 amide bonds. The first-order valence-electron chi connectivity index (χ1n) is 7.45. The van der Waals surface area contributed by atoms with Crippen LogP contribution in [0, 0.1) is 0 Å². The van der Waals surface area contributed by atoms with Crippen LogP contribution in [-0.2, 0) is 9.47 Å². The Morgan fingerprint density at radius 1 is 0.792 bits per heavy atom. The molecule has 0 bridgehead atoms. The van der Waals surface area contributed by atoms with E-state index in [2.05, 4.69) is 0 Å². The third kappa shape index (κ3) is 5.28. The largest absolute Gasteiger partial charge is 0.394 e. The van der Waals surface area contributed by atoms with Crippen LogP contribution in [0.15, 0.2) is 0 Å². The van der Waals surface area contributed by atoms with E-state index in [1.165, 1.54) is 0 Å². The molecule has 9 unspecified atom stereocenters. The lowest BCUT2D eigenvalue weighted by Crippen LogP contribution is -2.59. The van der Waals surface area contributed by atoms with Gasteiger partial charge in [0.25, 0.3) is 0 Å². The average molecular weight is 358 g/mol. The summed E-state index contributed by atoms with van der Waals surface area (Å²) in [5.74, 6) is 0. The van der Waals surface area contributed by atoms with Gasteiger partial charge in [-0.15, -0.1) is 0 Å². The van der Waals surface area contributed by atoms with Gasteiger partial charge in [-0.25, -0.2) is 0 Å². The molecule has 1 saturated heterocycles. The van der Waals surface area contributed by atoms with Crippen molar-refractivity contribution >= 4 is 0 Å². The third-order valence-corrected chi connectivity index (χ3v) is 3.89. The van der Waals surface area contributed by atoms with Crippen molar-refractivity contribution in [2.45, 2.75) is 54.9 Å². The predicted molar refractivity (Wildman–Crippen MR) is 75.7 cm³/mol. The number of hydrogen-bond donors (Lipinski definition) is 9. The summed E-state index contributed by atoms with van der Waals surface area (Å²) in [6, 6.07) is 0. The Labute approximate surface area is 137 Å². The molecule has 1 aliphatic rings. The van der Waals surface area contributed by atoms with Crippen LogP contribution in [0.2, 0.25) is 0 Å². The van der Waals surface area contributed by atoms with Gasteiger partial charge in [-0.2, -0.15) is 0 Å². The van der Waals surface area contributed by atoms with E-state index in [0.29, 0.717) is 0 Å². The van der Waals surface area contributed by atoms with Crippen LogP contribution >= 0.6 is 0 Å². The number of hydrogen-bond acceptors (Lipinski definition) is 11. The summed E-state index contributed by atoms with van der Waals surface area (Å²) in [5, 5.41) is 84.6. The maximum atomic E-state index is 9.78. The number of aliphatic hydroxyl groups excluding tert-OH is 9. The molecule has 0 aromatic heterocycles. The molecule has 0 aromatic rings. The maximum Gasteiger partial charge on any atom is 0.111 e. The lowest BCUT2D eigenvalue weighted by atomic mass is 9.95. The molecular weight excluding hydrogens is 332 g/mol. The molecule has 11 nitrogen and oxygen atoms in total. The first-order valence-corrected chi connectivity index (χ1v) is 7.45. The zero-order chi connectivity index (χ0) is 18.4. The summed E-state index contributed by atoms with van der Waals surface area (Å²) >= 11 is 0. The molecule has 9 N–H and O–H groups in total. The van der Waals surface area contributed by atoms with E-state index < -0.39 is 74.8 Å². The Morgan fingerprint density at radius 2 is 1.33 bits per heavy atom. The van der Waals surface area contributed by atoms with Gasteiger partial charge in [-0.1, -0.05) is 0 Å². The molecule has 1 fully saturated rings. The smallest absolute Gasteiger partial charge is 0.111 e. The quantitative estimate of drug-likeness (QED) is 0.190. The monoisotopic (exact) mass is 358 g/mol. The highest BCUT2D eigenvalue weighted by molar-refractivity contribution is 4.92. The third-order valence-electron chi connectivity index (χ3n) is 3.89. The summed E-state index contributed by atoms with van der Waals surface area (Å²) in [7, 11) is 0. The van der Waals surface area contributed by atoms with Crippen molar-refractivity contribution in [1.29, 1.82) is 0 Å². The lowest BCUT2D eigenvalue weighted by molar-refractivity contribution is -0.241. The summed E-state index contributed by atoms with van der Waals surface area (Å²) in [4.78, 5) is 0. The van der Waals surface area contributed by atoms with Gasteiger partial charge in [0.1, 0.15) is 54.9 Å². The van der Waals surface area contributed by atoms with Crippen LogP contribution in [0.4, 0.5) is 0 Å². The van der Waals surface area contributed by atoms with E-state index in [1.807, 2.05) is 0 Å². The highest BCUT2D eigenvalue weighted by Crippen LogP contribution is 2.21. The number of rotatable bonds is 9. The average Bonchev–Trinajstić information content (AvgIpc) is 2.59. The molecule has 0 spiro atoms. The minimum absolute atomic E-state index is 0.343. The molecule has 0 aliphatic carbocycles. The zero-order valence-electron chi connectivity index (χ0n) is 12.9. The van der Waals surface area contributed by atoms with Crippen molar-refractivity contribution in [2.24, 2.45) is 0 Å². The van der Waals surface area contributed by atoms with Crippen molar-refractivity contribution in [3.63, 3.8) is 0 Å². The topological polar surface area (TPSA) is 201 Å². The van der Waals surface area contributed by atoms with Crippen molar-refractivity contribution in [3.8, 4) is 0 Å². The summed E-state index contributed by atoms with van der Waals surface area (Å²) in [6.07, 6.45) is -13.6. The summed E-state index contributed by atoms with van der Waals surface area (Å²) in [5.41, 5.74) is 0. The van der Waals surface area contributed by atoms with Crippen LogP contribution in [0.25, 0.3) is 0 Å². The van der Waals surface area contributed by atoms with Crippen molar-refractivity contribution in [2.75, 3.05) is 26.4 Å². The SMILES string of the molecule is OCC(O)C(O)C(O)C(O)COCC1OC(CO)C(O)C(O)C1O. The highest BCUT2D eigenvalue weighted by Gasteiger charge is 2.43. The van der Waals surface area contributed by atoms with E-state index in [1.54, 1.807) is 0 Å². The van der Waals surface area contributed by atoms with Gasteiger partial charge in [0.05, 0.1) is 26.4 Å². The van der Waals surface area contributed by atoms with E-state index in [9.17, 15) is 35.7 Å². The summed E-state index contributed by atoms with van der Waals surface area (Å²) < 4.78 is 10.2. The molecule has 0 radical (unpaired) electrons. The second-order valence-corrected chi connectivity index (χ2v) is 5.70. The standard InChI is InChI=1S/C13H26O11/c14-1-5(16)9(18)10(19)6(17)3-23-4-8-12(21)13(22)11(20)7(2-15)24-8/h5-22H,1-4H2. The van der Waals surface area contributed by atoms with E-state index in [-0.39, 0.29) is 6.61 Å². The molecule has 0 aromatic carbocycles. The molecule has 1 heterocycles. The normalized spacial score (nSPS) is 36.1. The van der Waals surface area contributed by atoms with Gasteiger partial charge in [0, 0.05) is 0 Å². The minimum atomic E-state index is -1.79. The van der Waals surface area contributed by atoms with Crippen LogP contribution in [0.1, 0.15) is 0 Å². The molecule has 9 atom stereocenters. The fraction of sp³-hybridized carbons (Fsp3) is 1.00. The first kappa shape index (κ1) is 21.6. The second-order valence-electron chi connectivity index (χ2n) is 5.70. The van der Waals surface area contributed by atoms with Gasteiger partial charge >= 0.3 is 0 Å². The molecule has 144 valence electrons. The Kier molecular flexibility index (Phi) is 8.90. The van der Waals surface area contributed by atoms with Crippen molar-refractivity contribution in [3.05, 3.63) is 0 Å². The predicted octanol–water partition coefficient (Wildman–Crippen LogP) is -5.72. The van der Waals surface area contributed by atoms with Crippen LogP contribution in [0.3, 0.4) is 0 Å². The van der Waals surface area contributed by atoms with Gasteiger partial charge in [0.2, 0.25) is 0 Å². The maximum absolute atomic E-state index is 9.78. The van der Waals surface area contributed by atoms with Gasteiger partial charge in [-0.05, 0) is 0 Å². The van der Waals surface area contributed by atoms with Crippen molar-refractivity contribution in [1.82, 2.24) is 0 Å². The van der Waals surface area contributed by atoms with Crippen molar-refractivity contribution < 1.29 is 55.4 Å². The van der Waals surface area contributed by atoms with Gasteiger partial charge in [0.15, 0.2) is 0 Å². The second kappa shape index (κ2) is 9.89. The van der Waals surface area contributed by atoms with Crippen LogP contribution in [-0.4, -0.2) is 127 Å². The van der Waals surface area contributed by atoms with Gasteiger partial charge in [-0.3, -0.25) is 0 Å². The van der Waals surface area contributed by atoms with Crippen LogP contribution < -0.4 is 0 Å². The molecular formula is C13H26O11. The van der Waals surface area contributed by atoms with Gasteiger partial charge < -0.3 is 55.4 Å². The highest BCUT2D eigenvalue weighted by atomic mass is 16.6. The van der Waals surface area contributed by atoms with E-state index >= 15 is 0 Å². The van der Waals surface area contributed by atoms with E-state index in [4.69, 9.17) is 19.7 Å². The Balaban J connectivity index is 2.45. The minimum Gasteiger partial charge on any atom is -0.394 e. The number of aliphatic hydroxyl groups is 9. The Morgan fingerprint density at radius 3 is 1.88 bits per heavy atom. The summed E-state index contributed by atoms with van der Waals surface area (Å²) in [6.45, 7) is -2.25. The lowest BCUT2D eigenvalue weighted by Gasteiger charge is -2.40. The van der Waals surface area contributed by atoms with Crippen LogP contribution in [0.5, 0.6) is 0 Å². The molecule has 1 rings (SSSR count). The van der Waals surface area contributed by atoms with E-state index in [0.717, 1.165) is 0 Å².